The Hall–Kier alpha value is -3.02. The predicted octanol–water partition coefficient (Wildman–Crippen LogP) is 5.05. The molecule has 5 heteroatoms. The molecule has 168 valence electrons. The van der Waals surface area contributed by atoms with E-state index < -0.39 is 24.6 Å². The number of hydrogen-bond donors (Lipinski definition) is 3. The van der Waals surface area contributed by atoms with Gasteiger partial charge in [0.1, 0.15) is 5.82 Å². The second-order valence-corrected chi connectivity index (χ2v) is 8.32. The van der Waals surface area contributed by atoms with E-state index in [4.69, 9.17) is 5.11 Å². The Bertz CT molecular complexity index is 1030. The van der Waals surface area contributed by atoms with E-state index in [9.17, 15) is 19.4 Å². The van der Waals surface area contributed by atoms with Crippen molar-refractivity contribution in [2.24, 2.45) is 5.92 Å². The van der Waals surface area contributed by atoms with Gasteiger partial charge in [0.15, 0.2) is 0 Å². The standard InChI is InChI=1S/C27H29FO4/c1-17-5-3-4-6-24(17)27(20-9-11-21(28)12-10-20)25(18(2)19-7-8-19)14-13-22(29)15-23(30)16-26(31)32/h3-6,9-14,19,22-23,29-30H,2,7-8,15-16H2,1H3,(H,31,32)/b14-13+,27-25-/t22-,23?/m1/s1. The molecule has 0 bridgehead atoms. The molecular weight excluding hydrogens is 407 g/mol. The molecule has 2 atom stereocenters. The van der Waals surface area contributed by atoms with Gasteiger partial charge in [-0.05, 0) is 71.2 Å². The summed E-state index contributed by atoms with van der Waals surface area (Å²) in [6.45, 7) is 6.33. The molecule has 3 rings (SSSR count). The van der Waals surface area contributed by atoms with Gasteiger partial charge in [0.2, 0.25) is 0 Å². The zero-order valence-electron chi connectivity index (χ0n) is 18.2. The summed E-state index contributed by atoms with van der Waals surface area (Å²) in [5, 5.41) is 29.1. The average Bonchev–Trinajstić information content (AvgIpc) is 3.57. The first-order chi connectivity index (χ1) is 15.3. The number of carboxylic acids is 1. The highest BCUT2D eigenvalue weighted by molar-refractivity contribution is 5.87. The number of aryl methyl sites for hydroxylation is 1. The fourth-order valence-corrected chi connectivity index (χ4v) is 3.78. The van der Waals surface area contributed by atoms with Gasteiger partial charge in [-0.3, -0.25) is 4.79 Å². The molecule has 1 aliphatic rings. The molecule has 1 fully saturated rings. The van der Waals surface area contributed by atoms with E-state index >= 15 is 0 Å². The highest BCUT2D eigenvalue weighted by atomic mass is 19.1. The van der Waals surface area contributed by atoms with Crippen molar-refractivity contribution in [1.29, 1.82) is 0 Å². The normalized spacial score (nSPS) is 16.5. The molecule has 2 aromatic carbocycles. The second kappa shape index (κ2) is 10.5. The van der Waals surface area contributed by atoms with Crippen LogP contribution in [-0.2, 0) is 4.79 Å². The number of allylic oxidation sites excluding steroid dienone is 3. The second-order valence-electron chi connectivity index (χ2n) is 8.32. The lowest BCUT2D eigenvalue weighted by Crippen LogP contribution is -2.19. The molecule has 1 unspecified atom stereocenters. The van der Waals surface area contributed by atoms with Crippen molar-refractivity contribution in [3.8, 4) is 0 Å². The third-order valence-corrected chi connectivity index (χ3v) is 5.64. The molecule has 1 saturated carbocycles. The number of aliphatic carboxylic acids is 1. The summed E-state index contributed by atoms with van der Waals surface area (Å²) < 4.78 is 13.6. The van der Waals surface area contributed by atoms with Crippen LogP contribution in [0, 0.1) is 18.7 Å². The smallest absolute Gasteiger partial charge is 0.305 e. The van der Waals surface area contributed by atoms with Gasteiger partial charge in [-0.2, -0.15) is 0 Å². The maximum atomic E-state index is 13.6. The highest BCUT2D eigenvalue weighted by Crippen LogP contribution is 2.43. The molecule has 3 N–H and O–H groups in total. The molecule has 1 aliphatic carbocycles. The number of hydrogen-bond acceptors (Lipinski definition) is 3. The van der Waals surface area contributed by atoms with Crippen LogP contribution in [0.5, 0.6) is 0 Å². The Morgan fingerprint density at radius 2 is 1.81 bits per heavy atom. The van der Waals surface area contributed by atoms with Crippen molar-refractivity contribution in [3.63, 3.8) is 0 Å². The Balaban J connectivity index is 2.07. The maximum Gasteiger partial charge on any atom is 0.305 e. The van der Waals surface area contributed by atoms with E-state index in [0.717, 1.165) is 46.3 Å². The Morgan fingerprint density at radius 3 is 2.41 bits per heavy atom. The summed E-state index contributed by atoms with van der Waals surface area (Å²) >= 11 is 0. The van der Waals surface area contributed by atoms with Crippen molar-refractivity contribution in [2.45, 2.75) is 44.8 Å². The first-order valence-electron chi connectivity index (χ1n) is 10.8. The maximum absolute atomic E-state index is 13.6. The quantitative estimate of drug-likeness (QED) is 0.456. The van der Waals surface area contributed by atoms with Crippen LogP contribution in [0.3, 0.4) is 0 Å². The summed E-state index contributed by atoms with van der Waals surface area (Å²) in [6, 6.07) is 14.2. The summed E-state index contributed by atoms with van der Waals surface area (Å²) in [6.07, 6.45) is 2.78. The van der Waals surface area contributed by atoms with E-state index in [2.05, 4.69) is 6.58 Å². The molecule has 2 aromatic rings. The van der Waals surface area contributed by atoms with Crippen molar-refractivity contribution >= 4 is 11.5 Å². The molecule has 0 aliphatic heterocycles. The molecule has 0 saturated heterocycles. The van der Waals surface area contributed by atoms with E-state index in [-0.39, 0.29) is 12.2 Å². The fraction of sp³-hybridized carbons (Fsp3) is 0.296. The molecule has 0 radical (unpaired) electrons. The van der Waals surface area contributed by atoms with Crippen LogP contribution in [0.15, 0.2) is 78.4 Å². The van der Waals surface area contributed by atoms with Gasteiger partial charge in [-0.1, -0.05) is 55.1 Å². The summed E-state index contributed by atoms with van der Waals surface area (Å²) in [5.41, 5.74) is 5.57. The van der Waals surface area contributed by atoms with Crippen LogP contribution >= 0.6 is 0 Å². The number of aliphatic hydroxyl groups excluding tert-OH is 2. The largest absolute Gasteiger partial charge is 0.481 e. The van der Waals surface area contributed by atoms with Crippen LogP contribution in [-0.4, -0.2) is 33.5 Å². The minimum atomic E-state index is -1.14. The topological polar surface area (TPSA) is 77.8 Å². The number of carbonyl (C=O) groups is 1. The number of halogens is 1. The third kappa shape index (κ3) is 6.25. The van der Waals surface area contributed by atoms with Crippen LogP contribution < -0.4 is 0 Å². The first kappa shape index (κ1) is 23.6. The zero-order valence-corrected chi connectivity index (χ0v) is 18.2. The van der Waals surface area contributed by atoms with Gasteiger partial charge in [0.05, 0.1) is 18.6 Å². The molecule has 0 heterocycles. The Labute approximate surface area is 188 Å². The molecule has 0 aromatic heterocycles. The Morgan fingerprint density at radius 1 is 1.16 bits per heavy atom. The Kier molecular flexibility index (Phi) is 7.78. The van der Waals surface area contributed by atoms with E-state index in [1.54, 1.807) is 24.3 Å². The minimum Gasteiger partial charge on any atom is -0.481 e. The number of aliphatic hydroxyl groups is 2. The minimum absolute atomic E-state index is 0.0811. The van der Waals surface area contributed by atoms with Crippen LogP contribution in [0.25, 0.3) is 5.57 Å². The van der Waals surface area contributed by atoms with Gasteiger partial charge in [-0.25, -0.2) is 4.39 Å². The van der Waals surface area contributed by atoms with Gasteiger partial charge < -0.3 is 15.3 Å². The monoisotopic (exact) mass is 436 g/mol. The first-order valence-corrected chi connectivity index (χ1v) is 10.8. The molecule has 0 spiro atoms. The van der Waals surface area contributed by atoms with Gasteiger partial charge in [0, 0.05) is 6.42 Å². The lowest BCUT2D eigenvalue weighted by atomic mass is 9.86. The highest BCUT2D eigenvalue weighted by Gasteiger charge is 2.28. The lowest BCUT2D eigenvalue weighted by Gasteiger charge is -2.19. The summed E-state index contributed by atoms with van der Waals surface area (Å²) in [4.78, 5) is 10.8. The number of carboxylic acid groups (broad SMARTS) is 1. The summed E-state index contributed by atoms with van der Waals surface area (Å²) in [7, 11) is 0. The van der Waals surface area contributed by atoms with Gasteiger partial charge >= 0.3 is 5.97 Å². The molecular formula is C27H29FO4. The van der Waals surface area contributed by atoms with Crippen LogP contribution in [0.4, 0.5) is 4.39 Å². The van der Waals surface area contributed by atoms with Crippen LogP contribution in [0.1, 0.15) is 42.4 Å². The van der Waals surface area contributed by atoms with Crippen molar-refractivity contribution in [1.82, 2.24) is 0 Å². The molecule has 0 amide bonds. The lowest BCUT2D eigenvalue weighted by molar-refractivity contribution is -0.139. The SMILES string of the molecule is C=C(C(/C=C/[C@@H](O)CC(O)CC(=O)O)=C(/c1ccc(F)cc1)c1ccccc1C)C1CC1. The predicted molar refractivity (Wildman–Crippen MR) is 123 cm³/mol. The van der Waals surface area contributed by atoms with Crippen molar-refractivity contribution in [2.75, 3.05) is 0 Å². The van der Waals surface area contributed by atoms with Crippen LogP contribution in [0.2, 0.25) is 0 Å². The average molecular weight is 437 g/mol. The van der Waals surface area contributed by atoms with E-state index in [1.807, 2.05) is 31.2 Å². The van der Waals surface area contributed by atoms with E-state index in [1.165, 1.54) is 12.1 Å². The zero-order chi connectivity index (χ0) is 23.3. The molecule has 4 nitrogen and oxygen atoms in total. The number of rotatable bonds is 10. The van der Waals surface area contributed by atoms with Crippen molar-refractivity contribution < 1.29 is 24.5 Å². The summed E-state index contributed by atoms with van der Waals surface area (Å²) in [5.74, 6) is -1.09. The van der Waals surface area contributed by atoms with Gasteiger partial charge in [-0.15, -0.1) is 0 Å². The third-order valence-electron chi connectivity index (χ3n) is 5.64. The van der Waals surface area contributed by atoms with Gasteiger partial charge in [0.25, 0.3) is 0 Å². The van der Waals surface area contributed by atoms with E-state index in [0.29, 0.717) is 5.92 Å². The molecule has 32 heavy (non-hydrogen) atoms. The number of benzene rings is 2. The van der Waals surface area contributed by atoms with Crippen molar-refractivity contribution in [3.05, 3.63) is 101 Å². The fourth-order valence-electron chi connectivity index (χ4n) is 3.78.